The highest BCUT2D eigenvalue weighted by Crippen LogP contribution is 2.36. The molecule has 0 bridgehead atoms. The van der Waals surface area contributed by atoms with Crippen molar-refractivity contribution in [2.24, 2.45) is 5.73 Å². The first-order valence-corrected chi connectivity index (χ1v) is 30.2. The van der Waals surface area contributed by atoms with Gasteiger partial charge in [0.25, 0.3) is 0 Å². The van der Waals surface area contributed by atoms with Gasteiger partial charge in [0.1, 0.15) is 17.2 Å². The van der Waals surface area contributed by atoms with E-state index in [0.29, 0.717) is 69.0 Å². The molecule has 10 aromatic rings. The molecule has 0 saturated heterocycles. The van der Waals surface area contributed by atoms with Crippen LogP contribution in [-0.2, 0) is 25.7 Å². The maximum atomic E-state index is 12.6. The molecule has 0 radical (unpaired) electrons. The van der Waals surface area contributed by atoms with Crippen LogP contribution in [0.4, 0.5) is 21.9 Å². The van der Waals surface area contributed by atoms with E-state index in [1.165, 1.54) is 22.8 Å². The van der Waals surface area contributed by atoms with Gasteiger partial charge in [-0.3, -0.25) is 10.1 Å². The van der Waals surface area contributed by atoms with E-state index in [0.717, 1.165) is 57.9 Å². The summed E-state index contributed by atoms with van der Waals surface area (Å²) in [6, 6.07) is 69.5. The zero-order valence-electron chi connectivity index (χ0n) is 49.9. The van der Waals surface area contributed by atoms with Crippen molar-refractivity contribution in [3.63, 3.8) is 0 Å². The molecule has 0 saturated carbocycles. The van der Waals surface area contributed by atoms with Crippen LogP contribution in [0, 0.1) is 24.0 Å². The van der Waals surface area contributed by atoms with Crippen molar-refractivity contribution in [3.05, 3.63) is 321 Å². The van der Waals surface area contributed by atoms with E-state index in [9.17, 15) is 35.3 Å². The third-order valence-electron chi connectivity index (χ3n) is 14.0. The van der Waals surface area contributed by atoms with Gasteiger partial charge in [-0.05, 0) is 114 Å². The van der Waals surface area contributed by atoms with Crippen LogP contribution in [0.2, 0.25) is 20.1 Å². The number of nitrogens with zero attached hydrogens (tertiary/aromatic N) is 1. The Balaban J connectivity index is 0.000000185. The maximum Gasteiger partial charge on any atom is 0.319 e. The number of anilines is 2. The number of phenols is 4. The van der Waals surface area contributed by atoms with Crippen LogP contribution in [0.15, 0.2) is 224 Å². The Kier molecular flexibility index (Phi) is 27.3. The lowest BCUT2D eigenvalue weighted by Crippen LogP contribution is -2.32. The van der Waals surface area contributed by atoms with Gasteiger partial charge in [-0.25, -0.2) is 4.79 Å². The van der Waals surface area contributed by atoms with Crippen molar-refractivity contribution in [1.29, 1.82) is 0 Å². The molecule has 10 N–H and O–H groups in total. The van der Waals surface area contributed by atoms with E-state index >= 15 is 0 Å². The van der Waals surface area contributed by atoms with Crippen LogP contribution in [-0.4, -0.2) is 31.4 Å². The molecule has 12 nitrogen and oxygen atoms in total. The van der Waals surface area contributed by atoms with Gasteiger partial charge >= 0.3 is 11.7 Å². The molecule has 0 aliphatic heterocycles. The van der Waals surface area contributed by atoms with Crippen molar-refractivity contribution < 1.29 is 30.1 Å². The molecule has 0 spiro atoms. The molecule has 0 unspecified atom stereocenters. The molecule has 460 valence electrons. The highest BCUT2D eigenvalue weighted by Gasteiger charge is 2.20. The van der Waals surface area contributed by atoms with Gasteiger partial charge in [-0.15, -0.1) is 0 Å². The van der Waals surface area contributed by atoms with Crippen LogP contribution in [0.3, 0.4) is 0 Å². The number of nitrogens with two attached hydrogens (primary N) is 2. The van der Waals surface area contributed by atoms with Crippen LogP contribution < -0.4 is 22.1 Å². The van der Waals surface area contributed by atoms with E-state index in [1.807, 2.05) is 159 Å². The van der Waals surface area contributed by atoms with Gasteiger partial charge in [-0.1, -0.05) is 241 Å². The minimum absolute atomic E-state index is 0.0248. The summed E-state index contributed by atoms with van der Waals surface area (Å²) in [6.45, 7) is 8.23. The number of nitrogen functional groups attached to an aromatic ring is 1. The number of rotatable bonds is 15. The van der Waals surface area contributed by atoms with Crippen molar-refractivity contribution in [3.8, 4) is 23.0 Å². The lowest BCUT2D eigenvalue weighted by atomic mass is 10.0. The second-order valence-electron chi connectivity index (χ2n) is 21.0. The topological polar surface area (TPSA) is 217 Å². The van der Waals surface area contributed by atoms with E-state index in [1.54, 1.807) is 42.5 Å². The van der Waals surface area contributed by atoms with Gasteiger partial charge < -0.3 is 42.5 Å². The van der Waals surface area contributed by atoms with Gasteiger partial charge in [0.15, 0.2) is 5.75 Å². The predicted molar refractivity (Wildman–Crippen MR) is 365 cm³/mol. The Bertz CT molecular complexity index is 3850. The molecule has 2 amide bonds. The molecule has 0 heterocycles. The van der Waals surface area contributed by atoms with E-state index < -0.39 is 4.92 Å². The van der Waals surface area contributed by atoms with Crippen molar-refractivity contribution >= 4 is 69.5 Å². The summed E-state index contributed by atoms with van der Waals surface area (Å²) in [5.74, 6) is 0.113. The van der Waals surface area contributed by atoms with Crippen LogP contribution in [0.1, 0.15) is 106 Å². The second-order valence-corrected chi connectivity index (χ2v) is 22.7. The zero-order valence-corrected chi connectivity index (χ0v) is 52.9. The Morgan fingerprint density at radius 2 is 0.876 bits per heavy atom. The molecular weight excluding hydrogens is 1200 g/mol. The number of carbonyl (C=O) groups excluding carboxylic acids is 1. The summed E-state index contributed by atoms with van der Waals surface area (Å²) in [4.78, 5) is 22.7. The molecule has 10 rings (SSSR count). The fraction of sp³-hybridized carbons (Fsp3) is 0.164. The number of aromatic hydroxyl groups is 4. The first-order chi connectivity index (χ1) is 42.7. The van der Waals surface area contributed by atoms with Gasteiger partial charge in [0.05, 0.1) is 22.3 Å². The predicted octanol–water partition coefficient (Wildman–Crippen LogP) is 19.0. The van der Waals surface area contributed by atoms with Gasteiger partial charge in [0.2, 0.25) is 0 Å². The van der Waals surface area contributed by atoms with E-state index in [4.69, 9.17) is 57.9 Å². The highest BCUT2D eigenvalue weighted by molar-refractivity contribution is 6.32. The number of carbonyl (C=O) groups is 1. The highest BCUT2D eigenvalue weighted by atomic mass is 35.5. The van der Waals surface area contributed by atoms with Crippen LogP contribution >= 0.6 is 46.4 Å². The summed E-state index contributed by atoms with van der Waals surface area (Å²) < 4.78 is 0. The first-order valence-electron chi connectivity index (χ1n) is 28.7. The number of urea groups is 1. The summed E-state index contributed by atoms with van der Waals surface area (Å²) in [6.07, 6.45) is 3.99. The summed E-state index contributed by atoms with van der Waals surface area (Å²) in [5, 5.41) is 58.3. The monoisotopic (exact) mass is 1270 g/mol. The van der Waals surface area contributed by atoms with Crippen molar-refractivity contribution in [2.75, 3.05) is 11.1 Å². The largest absolute Gasteiger partial charge is 0.508 e. The molecule has 0 aliphatic carbocycles. The fourth-order valence-electron chi connectivity index (χ4n) is 9.16. The van der Waals surface area contributed by atoms with Gasteiger partial charge in [0, 0.05) is 74.6 Å². The molecule has 0 aromatic heterocycles. The van der Waals surface area contributed by atoms with Crippen molar-refractivity contribution in [1.82, 2.24) is 5.32 Å². The first kappa shape index (κ1) is 69.1. The quantitative estimate of drug-likeness (QED) is 0.0212. The fourth-order valence-corrected chi connectivity index (χ4v) is 10.1. The number of halogens is 4. The Labute approximate surface area is 541 Å². The molecule has 0 fully saturated rings. The number of hydrogen-bond donors (Lipinski definition) is 8. The molecule has 89 heavy (non-hydrogen) atoms. The second kappa shape index (κ2) is 35.1. The molecule has 16 heteroatoms. The number of hydrogen-bond acceptors (Lipinski definition) is 9. The maximum absolute atomic E-state index is 12.6. The Morgan fingerprint density at radius 1 is 0.483 bits per heavy atom. The Hall–Kier alpha value is -9.01. The number of nitrogens with one attached hydrogen (secondary N) is 2. The summed E-state index contributed by atoms with van der Waals surface area (Å²) >= 11 is 23.8. The average molecular weight is 1270 g/mol. The minimum atomic E-state index is -0.643. The van der Waals surface area contributed by atoms with Crippen molar-refractivity contribution in [2.45, 2.75) is 78.3 Å². The minimum Gasteiger partial charge on any atom is -0.508 e. The SMILES string of the molecule is CC[C@H](N)c1ccc(C)cc1.CC[C@H](NC(=O)Nc1cc(Cl)cc(Cc2ccccc2)c1O)c1ccc(C)cc1.Nc1cc(Cl)cc(Cc2ccccc2)c1O.O=[N+]([O-])c1cc(Cl)cc(Cc2ccccc2)c1O.Oc1ccc(Cl)cc1Cc1ccccc1. The Morgan fingerprint density at radius 3 is 1.31 bits per heavy atom. The van der Waals surface area contributed by atoms with Gasteiger partial charge in [-0.2, -0.15) is 0 Å². The molecule has 10 aromatic carbocycles. The van der Waals surface area contributed by atoms with E-state index in [2.05, 4.69) is 48.7 Å². The number of benzene rings is 10. The third kappa shape index (κ3) is 22.6. The smallest absolute Gasteiger partial charge is 0.319 e. The normalized spacial score (nSPS) is 11.1. The lowest BCUT2D eigenvalue weighted by molar-refractivity contribution is -0.385. The summed E-state index contributed by atoms with van der Waals surface area (Å²) in [7, 11) is 0. The zero-order chi connectivity index (χ0) is 64.4. The molecule has 0 aliphatic rings. The molecule has 2 atom stereocenters. The number of nitro benzene ring substituents is 1. The lowest BCUT2D eigenvalue weighted by Gasteiger charge is -2.19. The summed E-state index contributed by atoms with van der Waals surface area (Å²) in [5.41, 5.74) is 23.4. The standard InChI is InChI=1S/C24H25ClN2O2.C13H10ClNO3.C13H12ClNO.C13H11ClO.C10H15N/c1-3-21(18-11-9-16(2)10-12-18)26-24(29)27-22-15-20(25)14-19(23(22)28)13-17-7-5-4-6-8-17;14-11-7-10(6-9-4-2-1-3-5-9)13(16)12(8-11)15(17)18;14-11-7-10(13(16)12(15)8-11)6-9-4-2-1-3-5-9;14-12-6-7-13(15)11(9-12)8-10-4-2-1-3-5-10;1-3-10(11)9-6-4-8(2)5-7-9/h4-12,14-15,21,28H,3,13H2,1-2H3,(H2,26,27,29);1-5,7-8,16H,6H2;1-5,7-8,16H,6,15H2;1-7,9,15H,8H2;4-7,10H,3,11H2,1-2H3/t21-;;;;10-/m0...0/s1. The molecular formula is C73H73Cl4N5O7. The third-order valence-corrected chi connectivity index (χ3v) is 14.9. The van der Waals surface area contributed by atoms with E-state index in [-0.39, 0.29) is 46.1 Å². The number of phenolic OH excluding ortho intramolecular Hbond substituents is 4. The van der Waals surface area contributed by atoms with Crippen LogP contribution in [0.25, 0.3) is 0 Å². The van der Waals surface area contributed by atoms with Crippen LogP contribution in [0.5, 0.6) is 23.0 Å². The average Bonchev–Trinajstić information content (AvgIpc) is 2.62. The number of nitro groups is 1. The number of aryl methyl sites for hydroxylation is 2. The number of amides is 2.